The molecular weight excluding hydrogens is 318 g/mol. The summed E-state index contributed by atoms with van der Waals surface area (Å²) < 4.78 is 1.73. The van der Waals surface area contributed by atoms with Gasteiger partial charge >= 0.3 is 5.97 Å². The highest BCUT2D eigenvalue weighted by Gasteiger charge is 2.19. The Morgan fingerprint density at radius 2 is 1.87 bits per heavy atom. The molecule has 0 aliphatic rings. The smallest absolute Gasteiger partial charge is 0.307 e. The van der Waals surface area contributed by atoms with Gasteiger partial charge in [0.25, 0.3) is 0 Å². The topological polar surface area (TPSA) is 82.7 Å². The van der Waals surface area contributed by atoms with Gasteiger partial charge in [-0.15, -0.1) is 0 Å². The zero-order valence-electron chi connectivity index (χ0n) is 12.0. The number of aromatic hydroxyl groups is 2. The van der Waals surface area contributed by atoms with Gasteiger partial charge in [-0.25, -0.2) is 0 Å². The Balaban J connectivity index is 2.18. The molecule has 0 aliphatic carbocycles. The van der Waals surface area contributed by atoms with Crippen molar-refractivity contribution in [2.75, 3.05) is 0 Å². The van der Waals surface area contributed by atoms with Gasteiger partial charge in [0.1, 0.15) is 16.7 Å². The van der Waals surface area contributed by atoms with E-state index < -0.39 is 5.97 Å². The Bertz CT molecular complexity index is 901. The van der Waals surface area contributed by atoms with E-state index >= 15 is 0 Å². The molecule has 0 bridgehead atoms. The first-order valence-corrected chi connectivity index (χ1v) is 7.33. The summed E-state index contributed by atoms with van der Waals surface area (Å²) in [6.45, 7) is 0.298. The normalized spacial score (nSPS) is 11.0. The van der Waals surface area contributed by atoms with Crippen molar-refractivity contribution in [2.24, 2.45) is 0 Å². The number of carbonyl (C=O) groups is 1. The minimum absolute atomic E-state index is 0.0421. The van der Waals surface area contributed by atoms with Gasteiger partial charge in [-0.1, -0.05) is 29.8 Å². The Hall–Kier alpha value is -2.66. The molecule has 0 amide bonds. The van der Waals surface area contributed by atoms with Crippen LogP contribution in [-0.2, 0) is 17.8 Å². The third-order valence-electron chi connectivity index (χ3n) is 3.73. The van der Waals surface area contributed by atoms with Crippen molar-refractivity contribution in [1.29, 1.82) is 0 Å². The summed E-state index contributed by atoms with van der Waals surface area (Å²) in [5.74, 6) is -0.818. The molecule has 0 saturated carbocycles. The lowest BCUT2D eigenvalue weighted by Gasteiger charge is -2.09. The lowest BCUT2D eigenvalue weighted by Crippen LogP contribution is -2.02. The zero-order valence-corrected chi connectivity index (χ0v) is 12.8. The number of phenolic OH excluding ortho intramolecular Hbond substituents is 2. The molecular formula is C17H14ClNO4. The van der Waals surface area contributed by atoms with Gasteiger partial charge in [0, 0.05) is 16.5 Å². The van der Waals surface area contributed by atoms with Gasteiger partial charge < -0.3 is 19.9 Å². The van der Waals surface area contributed by atoms with Gasteiger partial charge in [-0.3, -0.25) is 4.79 Å². The fourth-order valence-electron chi connectivity index (χ4n) is 2.67. The van der Waals surface area contributed by atoms with E-state index in [-0.39, 0.29) is 23.1 Å². The largest absolute Gasteiger partial charge is 0.508 e. The van der Waals surface area contributed by atoms with E-state index in [4.69, 9.17) is 16.7 Å². The maximum Gasteiger partial charge on any atom is 0.307 e. The van der Waals surface area contributed by atoms with Crippen molar-refractivity contribution in [1.82, 2.24) is 4.57 Å². The number of carboxylic acid groups (broad SMARTS) is 1. The molecule has 118 valence electrons. The number of aromatic nitrogens is 1. The molecule has 3 N–H and O–H groups in total. The molecule has 0 unspecified atom stereocenters. The molecule has 1 heterocycles. The van der Waals surface area contributed by atoms with Crippen molar-refractivity contribution in [3.8, 4) is 11.5 Å². The van der Waals surface area contributed by atoms with Crippen molar-refractivity contribution in [3.63, 3.8) is 0 Å². The molecule has 6 heteroatoms. The molecule has 23 heavy (non-hydrogen) atoms. The van der Waals surface area contributed by atoms with Crippen LogP contribution < -0.4 is 0 Å². The third-order valence-corrected chi connectivity index (χ3v) is 4.16. The molecule has 0 aliphatic heterocycles. The van der Waals surface area contributed by atoms with E-state index in [1.54, 1.807) is 34.9 Å². The van der Waals surface area contributed by atoms with Gasteiger partial charge in [0.2, 0.25) is 0 Å². The zero-order chi connectivity index (χ0) is 16.6. The summed E-state index contributed by atoms with van der Waals surface area (Å²) in [7, 11) is 0. The molecule has 0 spiro atoms. The Labute approximate surface area is 137 Å². The first kappa shape index (κ1) is 15.2. The summed E-state index contributed by atoms with van der Waals surface area (Å²) >= 11 is 6.39. The standard InChI is InChI=1S/C17H14ClNO4/c18-17-13(8-16(22)23)12-7-11(20)5-6-14(12)19(17)9-10-3-1-2-4-15(10)21/h1-7,20-21H,8-9H2,(H,22,23). The lowest BCUT2D eigenvalue weighted by molar-refractivity contribution is -0.136. The van der Waals surface area contributed by atoms with Crippen molar-refractivity contribution in [3.05, 3.63) is 58.7 Å². The Morgan fingerprint density at radius 1 is 1.13 bits per heavy atom. The maximum absolute atomic E-state index is 11.1. The second-order valence-corrected chi connectivity index (χ2v) is 5.61. The van der Waals surface area contributed by atoms with Crippen LogP contribution in [0.4, 0.5) is 0 Å². The van der Waals surface area contributed by atoms with Crippen LogP contribution in [0.25, 0.3) is 10.9 Å². The molecule has 3 aromatic rings. The second kappa shape index (κ2) is 5.85. The van der Waals surface area contributed by atoms with E-state index in [2.05, 4.69) is 0 Å². The number of benzene rings is 2. The van der Waals surface area contributed by atoms with Crippen LogP contribution in [0.2, 0.25) is 5.15 Å². The highest BCUT2D eigenvalue weighted by molar-refractivity contribution is 6.32. The average molecular weight is 332 g/mol. The van der Waals surface area contributed by atoms with Crippen LogP contribution in [0.3, 0.4) is 0 Å². The van der Waals surface area contributed by atoms with Crippen molar-refractivity contribution in [2.45, 2.75) is 13.0 Å². The molecule has 0 saturated heterocycles. The number of para-hydroxylation sites is 1. The highest BCUT2D eigenvalue weighted by atomic mass is 35.5. The van der Waals surface area contributed by atoms with E-state index in [1.807, 2.05) is 0 Å². The van der Waals surface area contributed by atoms with Crippen LogP contribution in [-0.4, -0.2) is 25.9 Å². The van der Waals surface area contributed by atoms with Crippen LogP contribution >= 0.6 is 11.6 Å². The molecule has 2 aromatic carbocycles. The number of fused-ring (bicyclic) bond motifs is 1. The summed E-state index contributed by atoms with van der Waals surface area (Å²) in [5, 5.41) is 29.6. The van der Waals surface area contributed by atoms with Gasteiger partial charge in [0.15, 0.2) is 0 Å². The van der Waals surface area contributed by atoms with E-state index in [1.165, 1.54) is 12.1 Å². The lowest BCUT2D eigenvalue weighted by atomic mass is 10.1. The molecule has 5 nitrogen and oxygen atoms in total. The molecule has 0 radical (unpaired) electrons. The fraction of sp³-hybridized carbons (Fsp3) is 0.118. The summed E-state index contributed by atoms with van der Waals surface area (Å²) in [6, 6.07) is 11.6. The Morgan fingerprint density at radius 3 is 2.57 bits per heavy atom. The summed E-state index contributed by atoms with van der Waals surface area (Å²) in [6.07, 6.45) is -0.243. The Kier molecular flexibility index (Phi) is 3.88. The maximum atomic E-state index is 11.1. The van der Waals surface area contributed by atoms with Gasteiger partial charge in [-0.2, -0.15) is 0 Å². The first-order valence-electron chi connectivity index (χ1n) is 6.95. The van der Waals surface area contributed by atoms with Gasteiger partial charge in [0.05, 0.1) is 18.5 Å². The summed E-state index contributed by atoms with van der Waals surface area (Å²) in [5.41, 5.74) is 1.81. The molecule has 0 fully saturated rings. The fourth-order valence-corrected chi connectivity index (χ4v) is 2.99. The van der Waals surface area contributed by atoms with E-state index in [0.717, 1.165) is 0 Å². The van der Waals surface area contributed by atoms with Crippen LogP contribution in [0.15, 0.2) is 42.5 Å². The number of halogens is 1. The van der Waals surface area contributed by atoms with Crippen LogP contribution in [0.5, 0.6) is 11.5 Å². The quantitative estimate of drug-likeness (QED) is 0.684. The number of hydrogen-bond donors (Lipinski definition) is 3. The monoisotopic (exact) mass is 331 g/mol. The SMILES string of the molecule is O=C(O)Cc1c(Cl)n(Cc2ccccc2O)c2ccc(O)cc12. The van der Waals surface area contributed by atoms with Gasteiger partial charge in [-0.05, 0) is 24.3 Å². The molecule has 3 rings (SSSR count). The predicted octanol–water partition coefficient (Wildman–Crippen LogP) is 3.38. The van der Waals surface area contributed by atoms with Crippen molar-refractivity contribution < 1.29 is 20.1 Å². The van der Waals surface area contributed by atoms with Crippen LogP contribution in [0, 0.1) is 0 Å². The first-order chi connectivity index (χ1) is 11.0. The number of hydrogen-bond acceptors (Lipinski definition) is 3. The number of aliphatic carboxylic acids is 1. The predicted molar refractivity (Wildman–Crippen MR) is 87.2 cm³/mol. The molecule has 0 atom stereocenters. The van der Waals surface area contributed by atoms with Crippen LogP contribution in [0.1, 0.15) is 11.1 Å². The second-order valence-electron chi connectivity index (χ2n) is 5.26. The minimum Gasteiger partial charge on any atom is -0.508 e. The average Bonchev–Trinajstić information content (AvgIpc) is 2.74. The van der Waals surface area contributed by atoms with E-state index in [0.29, 0.717) is 28.6 Å². The molecule has 1 aromatic heterocycles. The summed E-state index contributed by atoms with van der Waals surface area (Å²) in [4.78, 5) is 11.1. The highest BCUT2D eigenvalue weighted by Crippen LogP contribution is 2.34. The third kappa shape index (κ3) is 2.83. The number of phenols is 2. The number of nitrogens with zero attached hydrogens (tertiary/aromatic N) is 1. The van der Waals surface area contributed by atoms with E-state index in [9.17, 15) is 15.0 Å². The number of rotatable bonds is 4. The van der Waals surface area contributed by atoms with Crippen molar-refractivity contribution >= 4 is 28.5 Å². The number of carboxylic acids is 1. The minimum atomic E-state index is -1.00.